The summed E-state index contributed by atoms with van der Waals surface area (Å²) >= 11 is 0. The summed E-state index contributed by atoms with van der Waals surface area (Å²) in [4.78, 5) is 14.2. The first-order chi connectivity index (χ1) is 13.2. The first-order valence-corrected chi connectivity index (χ1v) is 9.62. The van der Waals surface area contributed by atoms with Crippen molar-refractivity contribution < 1.29 is 0 Å². The first-order valence-electron chi connectivity index (χ1n) is 9.62. The van der Waals surface area contributed by atoms with Gasteiger partial charge >= 0.3 is 0 Å². The van der Waals surface area contributed by atoms with Crippen molar-refractivity contribution in [1.82, 2.24) is 14.9 Å². The van der Waals surface area contributed by atoms with Gasteiger partial charge in [0.1, 0.15) is 0 Å². The zero-order valence-electron chi connectivity index (χ0n) is 16.0. The lowest BCUT2D eigenvalue weighted by Gasteiger charge is -2.39. The number of aryl methyl sites for hydroxylation is 2. The van der Waals surface area contributed by atoms with E-state index in [1.165, 1.54) is 11.1 Å². The smallest absolute Gasteiger partial charge is 0.225 e. The van der Waals surface area contributed by atoms with Crippen LogP contribution in [0.1, 0.15) is 28.6 Å². The highest BCUT2D eigenvalue weighted by molar-refractivity contribution is 5.35. The van der Waals surface area contributed by atoms with E-state index in [4.69, 9.17) is 0 Å². The third-order valence-electron chi connectivity index (χ3n) is 5.16. The summed E-state index contributed by atoms with van der Waals surface area (Å²) in [6.45, 7) is 7.94. The molecular weight excluding hydrogens is 332 g/mol. The van der Waals surface area contributed by atoms with Crippen LogP contribution in [0, 0.1) is 13.8 Å². The fourth-order valence-electron chi connectivity index (χ4n) is 3.91. The maximum atomic E-state index is 4.64. The lowest BCUT2D eigenvalue weighted by atomic mass is 9.96. The molecule has 0 radical (unpaired) electrons. The molecule has 3 aromatic rings. The van der Waals surface area contributed by atoms with Crippen molar-refractivity contribution in [2.45, 2.75) is 19.9 Å². The van der Waals surface area contributed by atoms with Gasteiger partial charge < -0.3 is 4.90 Å². The van der Waals surface area contributed by atoms with E-state index in [0.717, 1.165) is 43.5 Å². The summed E-state index contributed by atoms with van der Waals surface area (Å²) in [6, 6.07) is 23.9. The monoisotopic (exact) mass is 358 g/mol. The molecule has 1 aliphatic heterocycles. The number of nitrogens with zero attached hydrogens (tertiary/aromatic N) is 4. The molecule has 27 heavy (non-hydrogen) atoms. The fourth-order valence-corrected chi connectivity index (χ4v) is 3.91. The summed E-state index contributed by atoms with van der Waals surface area (Å²) in [5.41, 5.74) is 4.76. The predicted octanol–water partition coefficient (Wildman–Crippen LogP) is 4.01. The van der Waals surface area contributed by atoms with Crippen LogP contribution in [0.5, 0.6) is 0 Å². The Balaban J connectivity index is 1.55. The molecule has 2 aromatic carbocycles. The molecule has 0 bridgehead atoms. The highest BCUT2D eigenvalue weighted by Crippen LogP contribution is 2.29. The topological polar surface area (TPSA) is 32.3 Å². The normalized spacial score (nSPS) is 15.3. The molecule has 4 rings (SSSR count). The largest absolute Gasteiger partial charge is 0.338 e. The van der Waals surface area contributed by atoms with Gasteiger partial charge in [-0.2, -0.15) is 0 Å². The molecular formula is C23H26N4. The van der Waals surface area contributed by atoms with Crippen molar-refractivity contribution in [3.63, 3.8) is 0 Å². The molecule has 0 amide bonds. The van der Waals surface area contributed by atoms with Gasteiger partial charge in [-0.05, 0) is 31.0 Å². The molecule has 1 fully saturated rings. The minimum atomic E-state index is 0.287. The SMILES string of the molecule is Cc1cc(C)nc(N2CCN(C(c3ccccc3)c3ccccc3)CC2)n1. The van der Waals surface area contributed by atoms with Gasteiger partial charge in [0.15, 0.2) is 0 Å². The van der Waals surface area contributed by atoms with Gasteiger partial charge in [0.2, 0.25) is 5.95 Å². The Morgan fingerprint density at radius 3 is 1.67 bits per heavy atom. The second-order valence-corrected chi connectivity index (χ2v) is 7.20. The lowest BCUT2D eigenvalue weighted by Crippen LogP contribution is -2.48. The number of hydrogen-bond acceptors (Lipinski definition) is 4. The maximum absolute atomic E-state index is 4.64. The van der Waals surface area contributed by atoms with Crippen molar-refractivity contribution in [2.24, 2.45) is 0 Å². The van der Waals surface area contributed by atoms with Crippen LogP contribution >= 0.6 is 0 Å². The van der Waals surface area contributed by atoms with Crippen LogP contribution in [0.4, 0.5) is 5.95 Å². The molecule has 1 saturated heterocycles. The van der Waals surface area contributed by atoms with Crippen LogP contribution in [0.2, 0.25) is 0 Å². The van der Waals surface area contributed by atoms with Gasteiger partial charge in [0.05, 0.1) is 6.04 Å². The van der Waals surface area contributed by atoms with E-state index in [2.05, 4.69) is 80.4 Å². The van der Waals surface area contributed by atoms with Gasteiger partial charge in [-0.1, -0.05) is 60.7 Å². The molecule has 0 aliphatic carbocycles. The average Bonchev–Trinajstić information content (AvgIpc) is 2.70. The zero-order chi connectivity index (χ0) is 18.6. The second kappa shape index (κ2) is 7.89. The Kier molecular flexibility index (Phi) is 5.16. The van der Waals surface area contributed by atoms with Gasteiger partial charge in [-0.3, -0.25) is 4.90 Å². The molecule has 4 nitrogen and oxygen atoms in total. The Labute approximate surface area is 161 Å². The highest BCUT2D eigenvalue weighted by atomic mass is 15.3. The van der Waals surface area contributed by atoms with E-state index in [-0.39, 0.29) is 6.04 Å². The molecule has 4 heteroatoms. The minimum absolute atomic E-state index is 0.287. The van der Waals surface area contributed by atoms with Crippen molar-refractivity contribution in [3.05, 3.63) is 89.2 Å². The second-order valence-electron chi connectivity index (χ2n) is 7.20. The number of anilines is 1. The van der Waals surface area contributed by atoms with Crippen LogP contribution in [0.25, 0.3) is 0 Å². The molecule has 1 aliphatic rings. The molecule has 2 heterocycles. The van der Waals surface area contributed by atoms with E-state index in [0.29, 0.717) is 0 Å². The summed E-state index contributed by atoms with van der Waals surface area (Å²) < 4.78 is 0. The van der Waals surface area contributed by atoms with Crippen molar-refractivity contribution in [3.8, 4) is 0 Å². The van der Waals surface area contributed by atoms with Gasteiger partial charge in [-0.15, -0.1) is 0 Å². The standard InChI is InChI=1S/C23H26N4/c1-18-17-19(2)25-23(24-18)27-15-13-26(14-16-27)22(20-9-5-3-6-10-20)21-11-7-4-8-12-21/h3-12,17,22H,13-16H2,1-2H3. The molecule has 0 spiro atoms. The molecule has 0 atom stereocenters. The van der Waals surface area contributed by atoms with E-state index >= 15 is 0 Å². The quantitative estimate of drug-likeness (QED) is 0.705. The van der Waals surface area contributed by atoms with Crippen LogP contribution in [-0.2, 0) is 0 Å². The summed E-state index contributed by atoms with van der Waals surface area (Å²) in [5.74, 6) is 0.864. The van der Waals surface area contributed by atoms with Crippen LogP contribution in [-0.4, -0.2) is 41.0 Å². The highest BCUT2D eigenvalue weighted by Gasteiger charge is 2.27. The molecule has 138 valence electrons. The Bertz CT molecular complexity index is 812. The Hall–Kier alpha value is -2.72. The Morgan fingerprint density at radius 2 is 1.19 bits per heavy atom. The predicted molar refractivity (Wildman–Crippen MR) is 110 cm³/mol. The first kappa shape index (κ1) is 17.7. The lowest BCUT2D eigenvalue weighted by molar-refractivity contribution is 0.211. The van der Waals surface area contributed by atoms with Crippen LogP contribution in [0.3, 0.4) is 0 Å². The number of hydrogen-bond donors (Lipinski definition) is 0. The van der Waals surface area contributed by atoms with E-state index in [9.17, 15) is 0 Å². The van der Waals surface area contributed by atoms with Gasteiger partial charge in [0, 0.05) is 37.6 Å². The van der Waals surface area contributed by atoms with Gasteiger partial charge in [0.25, 0.3) is 0 Å². The summed E-state index contributed by atoms with van der Waals surface area (Å²) in [7, 11) is 0. The molecule has 0 unspecified atom stereocenters. The number of benzene rings is 2. The summed E-state index contributed by atoms with van der Waals surface area (Å²) in [6.07, 6.45) is 0. The van der Waals surface area contributed by atoms with E-state index in [1.807, 2.05) is 19.9 Å². The third kappa shape index (κ3) is 4.01. The maximum Gasteiger partial charge on any atom is 0.225 e. The average molecular weight is 358 g/mol. The Morgan fingerprint density at radius 1 is 0.704 bits per heavy atom. The fraction of sp³-hybridized carbons (Fsp3) is 0.304. The van der Waals surface area contributed by atoms with Gasteiger partial charge in [-0.25, -0.2) is 9.97 Å². The molecule has 1 aromatic heterocycles. The molecule has 0 N–H and O–H groups in total. The molecule has 0 saturated carbocycles. The van der Waals surface area contributed by atoms with Crippen molar-refractivity contribution in [1.29, 1.82) is 0 Å². The third-order valence-corrected chi connectivity index (χ3v) is 5.16. The minimum Gasteiger partial charge on any atom is -0.338 e. The van der Waals surface area contributed by atoms with E-state index < -0.39 is 0 Å². The van der Waals surface area contributed by atoms with E-state index in [1.54, 1.807) is 0 Å². The van der Waals surface area contributed by atoms with Crippen molar-refractivity contribution >= 4 is 5.95 Å². The van der Waals surface area contributed by atoms with Crippen LogP contribution in [0.15, 0.2) is 66.7 Å². The number of piperazine rings is 1. The van der Waals surface area contributed by atoms with Crippen LogP contribution < -0.4 is 4.90 Å². The van der Waals surface area contributed by atoms with Crippen molar-refractivity contribution in [2.75, 3.05) is 31.1 Å². The number of aromatic nitrogens is 2. The zero-order valence-corrected chi connectivity index (χ0v) is 16.0. The summed E-state index contributed by atoms with van der Waals surface area (Å²) in [5, 5.41) is 0. The number of rotatable bonds is 4.